The fraction of sp³-hybridized carbons (Fsp3) is 0.533. The third-order valence-electron chi connectivity index (χ3n) is 4.43. The van der Waals surface area contributed by atoms with Crippen LogP contribution in [0.5, 0.6) is 0 Å². The predicted molar refractivity (Wildman–Crippen MR) is 89.9 cm³/mol. The number of halogens is 2. The summed E-state index contributed by atoms with van der Waals surface area (Å²) in [6, 6.07) is 2.11. The van der Waals surface area contributed by atoms with Crippen LogP contribution in [-0.2, 0) is 10.0 Å². The number of nitrogens with zero attached hydrogens (tertiary/aromatic N) is 3. The highest BCUT2D eigenvalue weighted by Gasteiger charge is 2.40. The fourth-order valence-corrected chi connectivity index (χ4v) is 5.93. The van der Waals surface area contributed by atoms with Gasteiger partial charge >= 0.3 is 0 Å². The summed E-state index contributed by atoms with van der Waals surface area (Å²) in [5.74, 6) is -1.28. The number of aromatic nitrogens is 1. The SMILES string of the molecule is O=S(=O)(C1CC1)N1CCCN(c2nc3c(F)cc(F)cc3s2)CC1. The standard InChI is InChI=1S/C15H17F2N3O2S2/c16-10-8-12(17)14-13(9-10)23-15(18-14)19-4-1-5-20(7-6-19)24(21,22)11-2-3-11/h8-9,11H,1-7H2. The van der Waals surface area contributed by atoms with Crippen molar-refractivity contribution in [3.63, 3.8) is 0 Å². The molecule has 0 amide bonds. The van der Waals surface area contributed by atoms with E-state index in [1.165, 1.54) is 17.4 Å². The van der Waals surface area contributed by atoms with Crippen molar-refractivity contribution in [1.82, 2.24) is 9.29 Å². The van der Waals surface area contributed by atoms with Crippen molar-refractivity contribution in [3.8, 4) is 0 Å². The van der Waals surface area contributed by atoms with E-state index in [-0.39, 0.29) is 10.8 Å². The third kappa shape index (κ3) is 2.89. The second kappa shape index (κ2) is 5.89. The Morgan fingerprint density at radius 1 is 1.12 bits per heavy atom. The lowest BCUT2D eigenvalue weighted by molar-refractivity contribution is 0.432. The lowest BCUT2D eigenvalue weighted by Crippen LogP contribution is -2.37. The van der Waals surface area contributed by atoms with Crippen molar-refractivity contribution in [1.29, 1.82) is 0 Å². The first-order valence-electron chi connectivity index (χ1n) is 7.94. The van der Waals surface area contributed by atoms with Gasteiger partial charge in [-0.1, -0.05) is 11.3 Å². The molecule has 0 bridgehead atoms. The molecule has 0 unspecified atom stereocenters. The van der Waals surface area contributed by atoms with E-state index in [1.807, 2.05) is 4.90 Å². The third-order valence-corrected chi connectivity index (χ3v) is 7.89. The van der Waals surface area contributed by atoms with Crippen LogP contribution in [-0.4, -0.2) is 49.1 Å². The molecule has 2 aromatic rings. The molecular weight excluding hydrogens is 356 g/mol. The minimum atomic E-state index is -3.17. The molecule has 1 saturated carbocycles. The Hall–Kier alpha value is -1.32. The monoisotopic (exact) mass is 373 g/mol. The Bertz CT molecular complexity index is 880. The van der Waals surface area contributed by atoms with E-state index in [0.29, 0.717) is 42.4 Å². The summed E-state index contributed by atoms with van der Waals surface area (Å²) < 4.78 is 53.9. The Labute approximate surface area is 142 Å². The Morgan fingerprint density at radius 2 is 1.92 bits per heavy atom. The molecule has 1 aromatic carbocycles. The molecule has 1 aromatic heterocycles. The van der Waals surface area contributed by atoms with Crippen molar-refractivity contribution in [2.45, 2.75) is 24.5 Å². The van der Waals surface area contributed by atoms with Gasteiger partial charge in [-0.15, -0.1) is 0 Å². The van der Waals surface area contributed by atoms with Crippen LogP contribution in [0.2, 0.25) is 0 Å². The van der Waals surface area contributed by atoms with E-state index >= 15 is 0 Å². The molecule has 1 saturated heterocycles. The van der Waals surface area contributed by atoms with E-state index in [0.717, 1.165) is 18.9 Å². The Kier molecular flexibility index (Phi) is 3.97. The molecule has 0 radical (unpaired) electrons. The maximum Gasteiger partial charge on any atom is 0.217 e. The molecule has 1 aliphatic heterocycles. The minimum absolute atomic E-state index is 0.170. The first kappa shape index (κ1) is 16.2. The second-order valence-electron chi connectivity index (χ2n) is 6.21. The maximum atomic E-state index is 13.8. The van der Waals surface area contributed by atoms with E-state index < -0.39 is 21.7 Å². The quantitative estimate of drug-likeness (QED) is 0.830. The van der Waals surface area contributed by atoms with Crippen molar-refractivity contribution in [2.24, 2.45) is 0 Å². The van der Waals surface area contributed by atoms with Crippen molar-refractivity contribution in [3.05, 3.63) is 23.8 Å². The van der Waals surface area contributed by atoms with Gasteiger partial charge in [-0.25, -0.2) is 22.2 Å². The van der Waals surface area contributed by atoms with Crippen LogP contribution in [0.15, 0.2) is 12.1 Å². The topological polar surface area (TPSA) is 53.5 Å². The molecule has 0 N–H and O–H groups in total. The highest BCUT2D eigenvalue weighted by molar-refractivity contribution is 7.90. The van der Waals surface area contributed by atoms with Crippen LogP contribution in [0.25, 0.3) is 10.2 Å². The summed E-state index contributed by atoms with van der Waals surface area (Å²) in [6.07, 6.45) is 2.20. The zero-order valence-electron chi connectivity index (χ0n) is 12.9. The van der Waals surface area contributed by atoms with Gasteiger partial charge in [0.15, 0.2) is 10.9 Å². The van der Waals surface area contributed by atoms with Gasteiger partial charge in [0.1, 0.15) is 11.3 Å². The number of thiazole rings is 1. The molecule has 130 valence electrons. The fourth-order valence-electron chi connectivity index (χ4n) is 3.00. The molecule has 4 rings (SSSR count). The van der Waals surface area contributed by atoms with Crippen molar-refractivity contribution in [2.75, 3.05) is 31.1 Å². The zero-order valence-corrected chi connectivity index (χ0v) is 14.5. The molecule has 2 fully saturated rings. The average molecular weight is 373 g/mol. The van der Waals surface area contributed by atoms with Gasteiger partial charge in [0.2, 0.25) is 10.0 Å². The summed E-state index contributed by atoms with van der Waals surface area (Å²) in [7, 11) is -3.17. The number of benzene rings is 1. The molecule has 24 heavy (non-hydrogen) atoms. The zero-order chi connectivity index (χ0) is 16.9. The largest absolute Gasteiger partial charge is 0.347 e. The summed E-state index contributed by atoms with van der Waals surface area (Å²) in [5.41, 5.74) is 0.170. The smallest absolute Gasteiger partial charge is 0.217 e. The number of sulfonamides is 1. The van der Waals surface area contributed by atoms with E-state index in [1.54, 1.807) is 4.31 Å². The van der Waals surface area contributed by atoms with Crippen LogP contribution in [0.1, 0.15) is 19.3 Å². The minimum Gasteiger partial charge on any atom is -0.347 e. The molecule has 0 spiro atoms. The number of hydrogen-bond acceptors (Lipinski definition) is 5. The number of anilines is 1. The normalized spacial score (nSPS) is 20.5. The lowest BCUT2D eigenvalue weighted by atomic mass is 10.3. The first-order valence-corrected chi connectivity index (χ1v) is 10.3. The molecule has 1 aliphatic carbocycles. The molecule has 2 aliphatic rings. The first-order chi connectivity index (χ1) is 11.4. The molecule has 0 atom stereocenters. The summed E-state index contributed by atoms with van der Waals surface area (Å²) >= 11 is 1.24. The van der Waals surface area contributed by atoms with Crippen molar-refractivity contribution < 1.29 is 17.2 Å². The van der Waals surface area contributed by atoms with Gasteiger partial charge in [0, 0.05) is 32.2 Å². The van der Waals surface area contributed by atoms with E-state index in [9.17, 15) is 17.2 Å². The van der Waals surface area contributed by atoms with Gasteiger partial charge in [-0.05, 0) is 25.3 Å². The predicted octanol–water partition coefficient (Wildman–Crippen LogP) is 2.58. The molecule has 5 nitrogen and oxygen atoms in total. The van der Waals surface area contributed by atoms with Crippen molar-refractivity contribution >= 4 is 36.7 Å². The highest BCUT2D eigenvalue weighted by atomic mass is 32.2. The van der Waals surface area contributed by atoms with Crippen LogP contribution in [0.3, 0.4) is 0 Å². The summed E-state index contributed by atoms with van der Waals surface area (Å²) in [6.45, 7) is 2.07. The van der Waals surface area contributed by atoms with Gasteiger partial charge in [0.25, 0.3) is 0 Å². The van der Waals surface area contributed by atoms with Gasteiger partial charge in [0.05, 0.1) is 9.95 Å². The average Bonchev–Trinajstić information content (AvgIpc) is 3.32. The van der Waals surface area contributed by atoms with Gasteiger partial charge < -0.3 is 4.90 Å². The number of rotatable bonds is 3. The summed E-state index contributed by atoms with van der Waals surface area (Å²) in [5, 5.41) is 0.406. The lowest BCUT2D eigenvalue weighted by Gasteiger charge is -2.21. The Balaban J connectivity index is 1.56. The van der Waals surface area contributed by atoms with Gasteiger partial charge in [-0.3, -0.25) is 0 Å². The van der Waals surface area contributed by atoms with Crippen LogP contribution in [0, 0.1) is 11.6 Å². The van der Waals surface area contributed by atoms with Crippen LogP contribution >= 0.6 is 11.3 Å². The van der Waals surface area contributed by atoms with Crippen LogP contribution < -0.4 is 4.90 Å². The highest BCUT2D eigenvalue weighted by Crippen LogP contribution is 2.33. The van der Waals surface area contributed by atoms with Crippen LogP contribution in [0.4, 0.5) is 13.9 Å². The Morgan fingerprint density at radius 3 is 2.67 bits per heavy atom. The van der Waals surface area contributed by atoms with E-state index in [2.05, 4.69) is 4.98 Å². The number of hydrogen-bond donors (Lipinski definition) is 0. The van der Waals surface area contributed by atoms with Gasteiger partial charge in [-0.2, -0.15) is 4.31 Å². The van der Waals surface area contributed by atoms with E-state index in [4.69, 9.17) is 0 Å². The maximum absolute atomic E-state index is 13.8. The molecular formula is C15H17F2N3O2S2. The molecule has 2 heterocycles. The number of fused-ring (bicyclic) bond motifs is 1. The second-order valence-corrected chi connectivity index (χ2v) is 9.44. The molecule has 9 heteroatoms. The summed E-state index contributed by atoms with van der Waals surface area (Å²) in [4.78, 5) is 6.25.